The van der Waals surface area contributed by atoms with E-state index in [1.807, 2.05) is 5.21 Å². The van der Waals surface area contributed by atoms with E-state index in [0.29, 0.717) is 4.90 Å². The Morgan fingerprint density at radius 3 is 2.64 bits per heavy atom. The number of rotatable bonds is 2. The molecule has 0 atom stereocenters. The number of nitrogens with one attached hydrogen (secondary N) is 1. The van der Waals surface area contributed by atoms with Crippen LogP contribution in [-0.4, -0.2) is 51.2 Å². The van der Waals surface area contributed by atoms with E-state index in [2.05, 4.69) is 15.4 Å². The van der Waals surface area contributed by atoms with Gasteiger partial charge in [-0.1, -0.05) is 0 Å². The van der Waals surface area contributed by atoms with E-state index in [0.717, 1.165) is 7.05 Å². The van der Waals surface area contributed by atoms with Crippen LogP contribution in [-0.2, 0) is 0 Å². The first kappa shape index (κ1) is 10.4. The van der Waals surface area contributed by atoms with Gasteiger partial charge in [0.15, 0.2) is 0 Å². The molecule has 0 aliphatic rings. The van der Waals surface area contributed by atoms with Crippen LogP contribution >= 0.6 is 0 Å². The van der Waals surface area contributed by atoms with E-state index < -0.39 is 24.5 Å². The van der Waals surface area contributed by atoms with Crippen molar-refractivity contribution in [3.8, 4) is 0 Å². The molecule has 0 aromatic carbocycles. The van der Waals surface area contributed by atoms with Gasteiger partial charge < -0.3 is 4.90 Å². The lowest BCUT2D eigenvalue weighted by Crippen LogP contribution is -2.36. The molecule has 1 N–H and O–H groups in total. The monoisotopic (exact) mass is 209 g/mol. The molecular weight excluding hydrogens is 203 g/mol. The highest BCUT2D eigenvalue weighted by atomic mass is 19.4. The lowest BCUT2D eigenvalue weighted by atomic mass is 10.4. The van der Waals surface area contributed by atoms with E-state index in [4.69, 9.17) is 0 Å². The summed E-state index contributed by atoms with van der Waals surface area (Å²) in [5, 5.41) is 11.5. The number of hydrogen-bond donors (Lipinski definition) is 1. The van der Waals surface area contributed by atoms with Crippen LogP contribution in [0.2, 0.25) is 0 Å². The van der Waals surface area contributed by atoms with Crippen molar-refractivity contribution in [3.05, 3.63) is 5.82 Å². The Morgan fingerprint density at radius 1 is 1.57 bits per heavy atom. The Balaban J connectivity index is 2.63. The lowest BCUT2D eigenvalue weighted by molar-refractivity contribution is -0.138. The molecule has 1 aromatic rings. The SMILES string of the molecule is CN(CC(F)(F)F)C(=O)c1nn[nH]n1. The van der Waals surface area contributed by atoms with E-state index in [9.17, 15) is 18.0 Å². The summed E-state index contributed by atoms with van der Waals surface area (Å²) in [6.45, 7) is -1.35. The molecule has 0 saturated carbocycles. The zero-order chi connectivity index (χ0) is 10.8. The van der Waals surface area contributed by atoms with E-state index in [-0.39, 0.29) is 0 Å². The Hall–Kier alpha value is -1.67. The van der Waals surface area contributed by atoms with Crippen LogP contribution in [0.15, 0.2) is 0 Å². The van der Waals surface area contributed by atoms with Gasteiger partial charge in [-0.05, 0) is 5.21 Å². The molecule has 0 unspecified atom stereocenters. The van der Waals surface area contributed by atoms with Gasteiger partial charge in [-0.3, -0.25) is 4.79 Å². The van der Waals surface area contributed by atoms with Gasteiger partial charge in [0.1, 0.15) is 6.54 Å². The number of H-pyrrole nitrogens is 1. The van der Waals surface area contributed by atoms with Crippen molar-refractivity contribution in [1.82, 2.24) is 25.5 Å². The summed E-state index contributed by atoms with van der Waals surface area (Å²) in [6.07, 6.45) is -4.44. The number of nitrogens with zero attached hydrogens (tertiary/aromatic N) is 4. The molecular formula is C5H6F3N5O. The molecule has 0 bridgehead atoms. The highest BCUT2D eigenvalue weighted by molar-refractivity contribution is 5.89. The molecule has 1 aromatic heterocycles. The smallest absolute Gasteiger partial charge is 0.330 e. The van der Waals surface area contributed by atoms with Gasteiger partial charge in [0.2, 0.25) is 0 Å². The van der Waals surface area contributed by atoms with Gasteiger partial charge in [0, 0.05) is 7.05 Å². The standard InChI is InChI=1S/C5H6F3N5O/c1-13(2-5(6,7)8)4(14)3-9-11-12-10-3/h2H2,1H3,(H,9,10,11,12). The number of amides is 1. The average Bonchev–Trinajstić information content (AvgIpc) is 2.51. The van der Waals surface area contributed by atoms with Crippen LogP contribution < -0.4 is 0 Å². The molecule has 1 heterocycles. The number of carbonyl (C=O) groups is 1. The minimum atomic E-state index is -4.44. The van der Waals surface area contributed by atoms with Crippen LogP contribution in [0.5, 0.6) is 0 Å². The minimum absolute atomic E-state index is 0.392. The second-order valence-corrected chi connectivity index (χ2v) is 2.51. The molecule has 1 amide bonds. The van der Waals surface area contributed by atoms with Gasteiger partial charge in [-0.15, -0.1) is 10.2 Å². The molecule has 1 rings (SSSR count). The Labute approximate surface area is 76.1 Å². The highest BCUT2D eigenvalue weighted by Crippen LogP contribution is 2.15. The van der Waals surface area contributed by atoms with Crippen molar-refractivity contribution in [1.29, 1.82) is 0 Å². The molecule has 9 heteroatoms. The van der Waals surface area contributed by atoms with E-state index >= 15 is 0 Å². The Kier molecular flexibility index (Phi) is 2.68. The summed E-state index contributed by atoms with van der Waals surface area (Å²) < 4.78 is 35.5. The van der Waals surface area contributed by atoms with Gasteiger partial charge in [0.05, 0.1) is 0 Å². The van der Waals surface area contributed by atoms with Crippen molar-refractivity contribution in [2.75, 3.05) is 13.6 Å². The third-order valence-corrected chi connectivity index (χ3v) is 1.30. The normalized spacial score (nSPS) is 11.4. The maximum atomic E-state index is 11.8. The number of carbonyl (C=O) groups excluding carboxylic acids is 1. The van der Waals surface area contributed by atoms with Gasteiger partial charge >= 0.3 is 6.18 Å². The number of hydrogen-bond acceptors (Lipinski definition) is 4. The van der Waals surface area contributed by atoms with Crippen LogP contribution in [0.1, 0.15) is 10.6 Å². The van der Waals surface area contributed by atoms with Crippen molar-refractivity contribution in [3.63, 3.8) is 0 Å². The van der Waals surface area contributed by atoms with Crippen molar-refractivity contribution >= 4 is 5.91 Å². The van der Waals surface area contributed by atoms with Crippen molar-refractivity contribution in [2.45, 2.75) is 6.18 Å². The fourth-order valence-corrected chi connectivity index (χ4v) is 0.764. The topological polar surface area (TPSA) is 74.8 Å². The summed E-state index contributed by atoms with van der Waals surface area (Å²) in [6, 6.07) is 0. The van der Waals surface area contributed by atoms with Gasteiger partial charge in [-0.25, -0.2) is 0 Å². The molecule has 78 valence electrons. The summed E-state index contributed by atoms with van der Waals surface area (Å²) in [5.41, 5.74) is 0. The first-order valence-corrected chi connectivity index (χ1v) is 3.46. The number of aromatic nitrogens is 4. The predicted molar refractivity (Wildman–Crippen MR) is 37.2 cm³/mol. The van der Waals surface area contributed by atoms with Crippen LogP contribution in [0, 0.1) is 0 Å². The fourth-order valence-electron chi connectivity index (χ4n) is 0.764. The number of aromatic amines is 1. The second kappa shape index (κ2) is 3.60. The van der Waals surface area contributed by atoms with Crippen LogP contribution in [0.25, 0.3) is 0 Å². The summed E-state index contributed by atoms with van der Waals surface area (Å²) in [7, 11) is 1.01. The van der Waals surface area contributed by atoms with Crippen LogP contribution in [0.3, 0.4) is 0 Å². The van der Waals surface area contributed by atoms with E-state index in [1.165, 1.54) is 0 Å². The molecule has 0 radical (unpaired) electrons. The van der Waals surface area contributed by atoms with Crippen LogP contribution in [0.4, 0.5) is 13.2 Å². The molecule has 6 nitrogen and oxygen atoms in total. The number of tetrazole rings is 1. The predicted octanol–water partition coefficient (Wildman–Crippen LogP) is -0.166. The molecule has 14 heavy (non-hydrogen) atoms. The Bertz CT molecular complexity index is 308. The maximum Gasteiger partial charge on any atom is 0.406 e. The fraction of sp³-hybridized carbons (Fsp3) is 0.600. The van der Waals surface area contributed by atoms with Crippen molar-refractivity contribution < 1.29 is 18.0 Å². The number of alkyl halides is 3. The molecule has 0 saturated heterocycles. The zero-order valence-corrected chi connectivity index (χ0v) is 7.04. The molecule has 0 fully saturated rings. The summed E-state index contributed by atoms with van der Waals surface area (Å²) in [4.78, 5) is 11.6. The third-order valence-electron chi connectivity index (χ3n) is 1.30. The van der Waals surface area contributed by atoms with Gasteiger partial charge in [0.25, 0.3) is 11.7 Å². The first-order valence-electron chi connectivity index (χ1n) is 3.46. The molecule has 0 aliphatic heterocycles. The maximum absolute atomic E-state index is 11.8. The number of halogens is 3. The quantitative estimate of drug-likeness (QED) is 0.734. The third kappa shape index (κ3) is 2.68. The summed E-state index contributed by atoms with van der Waals surface area (Å²) in [5.74, 6) is -1.33. The lowest BCUT2D eigenvalue weighted by Gasteiger charge is -2.16. The van der Waals surface area contributed by atoms with E-state index in [1.54, 1.807) is 0 Å². The summed E-state index contributed by atoms with van der Waals surface area (Å²) >= 11 is 0. The first-order chi connectivity index (χ1) is 6.40. The highest BCUT2D eigenvalue weighted by Gasteiger charge is 2.32. The van der Waals surface area contributed by atoms with Crippen molar-refractivity contribution in [2.24, 2.45) is 0 Å². The molecule has 0 spiro atoms. The molecule has 0 aliphatic carbocycles. The second-order valence-electron chi connectivity index (χ2n) is 2.51. The minimum Gasteiger partial charge on any atom is -0.330 e. The average molecular weight is 209 g/mol. The Morgan fingerprint density at radius 2 is 2.21 bits per heavy atom. The zero-order valence-electron chi connectivity index (χ0n) is 7.04. The largest absolute Gasteiger partial charge is 0.406 e. The van der Waals surface area contributed by atoms with Gasteiger partial charge in [-0.2, -0.15) is 18.4 Å².